The fourth-order valence-corrected chi connectivity index (χ4v) is 3.31. The highest BCUT2D eigenvalue weighted by atomic mass is 32.2. The number of sulfonamides is 1. The van der Waals surface area contributed by atoms with E-state index in [2.05, 4.69) is 0 Å². The molecule has 96 valence electrons. The van der Waals surface area contributed by atoms with Gasteiger partial charge in [0.1, 0.15) is 0 Å². The third-order valence-electron chi connectivity index (χ3n) is 2.55. The minimum atomic E-state index is -3.21. The summed E-state index contributed by atoms with van der Waals surface area (Å²) in [4.78, 5) is 0. The number of nitrogens with two attached hydrogens (primary N) is 1. The maximum absolute atomic E-state index is 12.1. The summed E-state index contributed by atoms with van der Waals surface area (Å²) < 4.78 is 25.7. The second-order valence-electron chi connectivity index (χ2n) is 3.99. The largest absolute Gasteiger partial charge is 0.399 e. The quantitative estimate of drug-likeness (QED) is 0.790. The lowest BCUT2D eigenvalue weighted by Crippen LogP contribution is -2.32. The molecule has 0 heterocycles. The van der Waals surface area contributed by atoms with Gasteiger partial charge >= 0.3 is 0 Å². The Labute approximate surface area is 103 Å². The van der Waals surface area contributed by atoms with Gasteiger partial charge in [0.25, 0.3) is 0 Å². The predicted molar refractivity (Wildman–Crippen MR) is 71.0 cm³/mol. The van der Waals surface area contributed by atoms with Gasteiger partial charge in [-0.05, 0) is 24.1 Å². The van der Waals surface area contributed by atoms with E-state index >= 15 is 0 Å². The van der Waals surface area contributed by atoms with Crippen LogP contribution in [-0.2, 0) is 15.8 Å². The predicted octanol–water partition coefficient (Wildman–Crippen LogP) is 1.83. The average Bonchev–Trinajstić information content (AvgIpc) is 2.28. The van der Waals surface area contributed by atoms with Crippen LogP contribution in [0, 0.1) is 0 Å². The lowest BCUT2D eigenvalue weighted by molar-refractivity contribution is 0.426. The number of nitrogens with zero attached hydrogens (tertiary/aromatic N) is 1. The molecule has 1 rings (SSSR count). The first-order chi connectivity index (χ1) is 7.99. The van der Waals surface area contributed by atoms with Crippen molar-refractivity contribution in [3.8, 4) is 0 Å². The molecule has 0 saturated carbocycles. The number of hydrogen-bond donors (Lipinski definition) is 1. The van der Waals surface area contributed by atoms with Crippen molar-refractivity contribution in [2.24, 2.45) is 0 Å². The molecule has 0 fully saturated rings. The molecule has 17 heavy (non-hydrogen) atoms. The molecule has 0 aliphatic heterocycles. The average molecular weight is 256 g/mol. The molecule has 0 aromatic heterocycles. The van der Waals surface area contributed by atoms with Gasteiger partial charge < -0.3 is 5.73 Å². The van der Waals surface area contributed by atoms with Crippen molar-refractivity contribution in [3.05, 3.63) is 29.8 Å². The Balaban J connectivity index is 2.81. The fourth-order valence-electron chi connectivity index (χ4n) is 1.66. The highest BCUT2D eigenvalue weighted by molar-refractivity contribution is 7.88. The number of anilines is 1. The molecule has 4 nitrogen and oxygen atoms in total. The zero-order valence-electron chi connectivity index (χ0n) is 10.4. The van der Waals surface area contributed by atoms with E-state index in [-0.39, 0.29) is 5.75 Å². The highest BCUT2D eigenvalue weighted by Crippen LogP contribution is 2.13. The molecule has 0 unspecified atom stereocenters. The Morgan fingerprint density at radius 3 is 2.24 bits per heavy atom. The number of rotatable bonds is 6. The van der Waals surface area contributed by atoms with Crippen LogP contribution in [0.5, 0.6) is 0 Å². The van der Waals surface area contributed by atoms with Crippen LogP contribution < -0.4 is 5.73 Å². The molecule has 0 aliphatic rings. The smallest absolute Gasteiger partial charge is 0.218 e. The zero-order valence-corrected chi connectivity index (χ0v) is 11.2. The topological polar surface area (TPSA) is 63.4 Å². The maximum atomic E-state index is 12.1. The van der Waals surface area contributed by atoms with E-state index in [0.29, 0.717) is 18.8 Å². The van der Waals surface area contributed by atoms with E-state index in [1.807, 2.05) is 13.8 Å². The van der Waals surface area contributed by atoms with E-state index in [4.69, 9.17) is 5.73 Å². The van der Waals surface area contributed by atoms with Gasteiger partial charge in [-0.15, -0.1) is 0 Å². The lowest BCUT2D eigenvalue weighted by Gasteiger charge is -2.19. The van der Waals surface area contributed by atoms with E-state index in [1.165, 1.54) is 4.31 Å². The first-order valence-corrected chi connectivity index (χ1v) is 7.42. The third-order valence-corrected chi connectivity index (χ3v) is 4.47. The fraction of sp³-hybridized carbons (Fsp3) is 0.500. The normalized spacial score (nSPS) is 11.9. The molecule has 1 aromatic carbocycles. The Kier molecular flexibility index (Phi) is 4.96. The molecule has 2 N–H and O–H groups in total. The second kappa shape index (κ2) is 6.02. The van der Waals surface area contributed by atoms with Gasteiger partial charge in [-0.3, -0.25) is 0 Å². The minimum absolute atomic E-state index is 0.0428. The van der Waals surface area contributed by atoms with Crippen LogP contribution in [0.4, 0.5) is 5.69 Å². The molecule has 0 amide bonds. The van der Waals surface area contributed by atoms with Gasteiger partial charge in [-0.25, -0.2) is 12.7 Å². The Morgan fingerprint density at radius 1 is 1.18 bits per heavy atom. The van der Waals surface area contributed by atoms with Gasteiger partial charge in [-0.1, -0.05) is 26.0 Å². The van der Waals surface area contributed by atoms with Crippen LogP contribution in [-0.4, -0.2) is 25.8 Å². The first kappa shape index (κ1) is 14.0. The molecule has 0 spiro atoms. The summed E-state index contributed by atoms with van der Waals surface area (Å²) in [5.41, 5.74) is 6.98. The van der Waals surface area contributed by atoms with E-state index in [1.54, 1.807) is 24.3 Å². The lowest BCUT2D eigenvalue weighted by atomic mass is 10.2. The molecule has 5 heteroatoms. The summed E-state index contributed by atoms with van der Waals surface area (Å²) in [6.07, 6.45) is 0.828. The van der Waals surface area contributed by atoms with Crippen LogP contribution in [0.25, 0.3) is 0 Å². The molecule has 0 saturated heterocycles. The van der Waals surface area contributed by atoms with Crippen molar-refractivity contribution in [1.82, 2.24) is 4.31 Å². The van der Waals surface area contributed by atoms with Crippen LogP contribution in [0.2, 0.25) is 0 Å². The second-order valence-corrected chi connectivity index (χ2v) is 5.96. The standard InChI is InChI=1S/C12H20N2O2S/c1-3-9-14(4-2)17(15,16)10-11-5-7-12(13)8-6-11/h5-8H,3-4,9-10,13H2,1-2H3. The molecular weight excluding hydrogens is 236 g/mol. The first-order valence-electron chi connectivity index (χ1n) is 5.81. The van der Waals surface area contributed by atoms with Crippen LogP contribution in [0.15, 0.2) is 24.3 Å². The summed E-state index contributed by atoms with van der Waals surface area (Å²) in [6, 6.07) is 6.96. The molecule has 0 atom stereocenters. The summed E-state index contributed by atoms with van der Waals surface area (Å²) in [5, 5.41) is 0. The molecule has 1 aromatic rings. The van der Waals surface area contributed by atoms with E-state index < -0.39 is 10.0 Å². The number of hydrogen-bond acceptors (Lipinski definition) is 3. The maximum Gasteiger partial charge on any atom is 0.218 e. The number of benzene rings is 1. The highest BCUT2D eigenvalue weighted by Gasteiger charge is 2.19. The van der Waals surface area contributed by atoms with Gasteiger partial charge in [-0.2, -0.15) is 0 Å². The Bertz CT molecular complexity index is 440. The van der Waals surface area contributed by atoms with Crippen LogP contribution >= 0.6 is 0 Å². The van der Waals surface area contributed by atoms with Gasteiger partial charge in [0, 0.05) is 18.8 Å². The Morgan fingerprint density at radius 2 is 1.76 bits per heavy atom. The molecule has 0 aliphatic carbocycles. The van der Waals surface area contributed by atoms with Gasteiger partial charge in [0.05, 0.1) is 5.75 Å². The number of nitrogen functional groups attached to an aromatic ring is 1. The minimum Gasteiger partial charge on any atom is -0.399 e. The van der Waals surface area contributed by atoms with Crippen molar-refractivity contribution < 1.29 is 8.42 Å². The summed E-state index contributed by atoms with van der Waals surface area (Å²) >= 11 is 0. The Hall–Kier alpha value is -1.07. The SMILES string of the molecule is CCCN(CC)S(=O)(=O)Cc1ccc(N)cc1. The molecular formula is C12H20N2O2S. The zero-order chi connectivity index (χ0) is 12.9. The summed E-state index contributed by atoms with van der Waals surface area (Å²) in [6.45, 7) is 4.93. The third kappa shape index (κ3) is 4.02. The van der Waals surface area contributed by atoms with Crippen molar-refractivity contribution in [2.45, 2.75) is 26.0 Å². The summed E-state index contributed by atoms with van der Waals surface area (Å²) in [7, 11) is -3.21. The molecule has 0 bridgehead atoms. The van der Waals surface area contributed by atoms with E-state index in [9.17, 15) is 8.42 Å². The van der Waals surface area contributed by atoms with Gasteiger partial charge in [0.2, 0.25) is 10.0 Å². The van der Waals surface area contributed by atoms with Gasteiger partial charge in [0.15, 0.2) is 0 Å². The van der Waals surface area contributed by atoms with Crippen molar-refractivity contribution in [1.29, 1.82) is 0 Å². The van der Waals surface area contributed by atoms with Crippen molar-refractivity contribution in [3.63, 3.8) is 0 Å². The van der Waals surface area contributed by atoms with Crippen LogP contribution in [0.3, 0.4) is 0 Å². The monoisotopic (exact) mass is 256 g/mol. The van der Waals surface area contributed by atoms with Crippen LogP contribution in [0.1, 0.15) is 25.8 Å². The van der Waals surface area contributed by atoms with Crippen molar-refractivity contribution >= 4 is 15.7 Å². The summed E-state index contributed by atoms with van der Waals surface area (Å²) in [5.74, 6) is 0.0428. The molecule has 0 radical (unpaired) electrons. The van der Waals surface area contributed by atoms with E-state index in [0.717, 1.165) is 12.0 Å². The van der Waals surface area contributed by atoms with Crippen molar-refractivity contribution in [2.75, 3.05) is 18.8 Å².